The SMILES string of the molecule is CCCCC(NC(=O)OC)(C(=O)O)C1c2ccccc2-c2ccccc21. The van der Waals surface area contributed by atoms with Crippen LogP contribution in [0.4, 0.5) is 4.79 Å². The predicted octanol–water partition coefficient (Wildman–Crippen LogP) is 4.17. The third-order valence-corrected chi connectivity index (χ3v) is 5.14. The highest BCUT2D eigenvalue weighted by atomic mass is 16.5. The van der Waals surface area contributed by atoms with Gasteiger partial charge in [0.2, 0.25) is 0 Å². The maximum Gasteiger partial charge on any atom is 0.407 e. The van der Waals surface area contributed by atoms with Crippen LogP contribution in [0.25, 0.3) is 11.1 Å². The summed E-state index contributed by atoms with van der Waals surface area (Å²) in [7, 11) is 1.25. The van der Waals surface area contributed by atoms with Crippen LogP contribution in [0, 0.1) is 0 Å². The number of hydrogen-bond acceptors (Lipinski definition) is 3. The van der Waals surface area contributed by atoms with E-state index >= 15 is 0 Å². The van der Waals surface area contributed by atoms with E-state index in [1.165, 1.54) is 7.11 Å². The molecular formula is C21H23NO4. The second-order valence-corrected chi connectivity index (χ2v) is 6.60. The second-order valence-electron chi connectivity index (χ2n) is 6.60. The van der Waals surface area contributed by atoms with Crippen molar-refractivity contribution in [1.29, 1.82) is 0 Å². The van der Waals surface area contributed by atoms with Crippen molar-refractivity contribution in [3.63, 3.8) is 0 Å². The molecule has 1 atom stereocenters. The Bertz CT molecular complexity index is 787. The summed E-state index contributed by atoms with van der Waals surface area (Å²) in [6, 6.07) is 15.6. The van der Waals surface area contributed by atoms with Gasteiger partial charge in [0.05, 0.1) is 7.11 Å². The molecule has 5 nitrogen and oxygen atoms in total. The van der Waals surface area contributed by atoms with Crippen LogP contribution in [0.15, 0.2) is 48.5 Å². The molecule has 3 rings (SSSR count). The minimum atomic E-state index is -1.47. The van der Waals surface area contributed by atoms with Crippen LogP contribution >= 0.6 is 0 Å². The Morgan fingerprint density at radius 3 is 2.08 bits per heavy atom. The lowest BCUT2D eigenvalue weighted by atomic mass is 9.74. The van der Waals surface area contributed by atoms with Crippen molar-refractivity contribution in [3.05, 3.63) is 59.7 Å². The Morgan fingerprint density at radius 1 is 1.08 bits per heavy atom. The molecule has 0 heterocycles. The summed E-state index contributed by atoms with van der Waals surface area (Å²) in [4.78, 5) is 24.6. The first-order valence-corrected chi connectivity index (χ1v) is 8.83. The lowest BCUT2D eigenvalue weighted by Gasteiger charge is -2.36. The average molecular weight is 353 g/mol. The van der Waals surface area contributed by atoms with E-state index in [1.807, 2.05) is 55.5 Å². The quantitative estimate of drug-likeness (QED) is 0.817. The van der Waals surface area contributed by atoms with E-state index in [-0.39, 0.29) is 0 Å². The van der Waals surface area contributed by atoms with Crippen LogP contribution in [-0.2, 0) is 9.53 Å². The Kier molecular flexibility index (Phi) is 4.98. The van der Waals surface area contributed by atoms with Crippen molar-refractivity contribution >= 4 is 12.1 Å². The van der Waals surface area contributed by atoms with Gasteiger partial charge in [-0.2, -0.15) is 0 Å². The first kappa shape index (κ1) is 18.0. The Balaban J connectivity index is 2.22. The molecule has 2 N–H and O–H groups in total. The maximum atomic E-state index is 12.5. The summed E-state index contributed by atoms with van der Waals surface area (Å²) in [6.07, 6.45) is 1.09. The number of carbonyl (C=O) groups is 2. The van der Waals surface area contributed by atoms with Crippen LogP contribution < -0.4 is 5.32 Å². The van der Waals surface area contributed by atoms with Gasteiger partial charge < -0.3 is 15.2 Å². The minimum absolute atomic E-state index is 0.321. The number of hydrogen-bond donors (Lipinski definition) is 2. The Labute approximate surface area is 153 Å². The number of rotatable bonds is 6. The number of fused-ring (bicyclic) bond motifs is 3. The van der Waals surface area contributed by atoms with Gasteiger partial charge in [-0.05, 0) is 28.7 Å². The number of methoxy groups -OCH3 is 1. The summed E-state index contributed by atoms with van der Waals surface area (Å²) in [5.74, 6) is -1.52. The summed E-state index contributed by atoms with van der Waals surface area (Å²) >= 11 is 0. The van der Waals surface area contributed by atoms with E-state index in [2.05, 4.69) is 5.32 Å². The molecule has 26 heavy (non-hydrogen) atoms. The van der Waals surface area contributed by atoms with Gasteiger partial charge in [0.15, 0.2) is 5.54 Å². The zero-order chi connectivity index (χ0) is 18.7. The molecule has 136 valence electrons. The first-order chi connectivity index (χ1) is 12.5. The van der Waals surface area contributed by atoms with Gasteiger partial charge in [0, 0.05) is 5.92 Å². The van der Waals surface area contributed by atoms with E-state index in [9.17, 15) is 14.7 Å². The van der Waals surface area contributed by atoms with Crippen LogP contribution in [-0.4, -0.2) is 29.8 Å². The van der Waals surface area contributed by atoms with E-state index in [0.29, 0.717) is 12.8 Å². The van der Waals surface area contributed by atoms with Crippen molar-refractivity contribution in [1.82, 2.24) is 5.32 Å². The lowest BCUT2D eigenvalue weighted by molar-refractivity contribution is -0.145. The predicted molar refractivity (Wildman–Crippen MR) is 99.2 cm³/mol. The molecule has 2 aromatic carbocycles. The third kappa shape index (κ3) is 2.83. The topological polar surface area (TPSA) is 75.6 Å². The number of alkyl carbamates (subject to hydrolysis) is 1. The maximum absolute atomic E-state index is 12.5. The zero-order valence-corrected chi connectivity index (χ0v) is 15.0. The highest BCUT2D eigenvalue weighted by Crippen LogP contribution is 2.50. The van der Waals surface area contributed by atoms with Crippen molar-refractivity contribution in [2.24, 2.45) is 0 Å². The first-order valence-electron chi connectivity index (χ1n) is 8.83. The number of unbranched alkanes of at least 4 members (excludes halogenated alkanes) is 1. The third-order valence-electron chi connectivity index (χ3n) is 5.14. The van der Waals surface area contributed by atoms with Crippen LogP contribution in [0.1, 0.15) is 43.2 Å². The molecule has 0 fully saturated rings. The van der Waals surface area contributed by atoms with Gasteiger partial charge >= 0.3 is 12.1 Å². The molecule has 5 heteroatoms. The number of carbonyl (C=O) groups excluding carboxylic acids is 1. The number of carboxylic acid groups (broad SMARTS) is 1. The summed E-state index contributed by atoms with van der Waals surface area (Å²) in [5, 5.41) is 12.9. The number of benzene rings is 2. The molecule has 0 aliphatic heterocycles. The molecule has 1 amide bonds. The molecule has 0 bridgehead atoms. The molecule has 0 saturated heterocycles. The molecular weight excluding hydrogens is 330 g/mol. The number of amides is 1. The van der Waals surface area contributed by atoms with Gasteiger partial charge in [-0.15, -0.1) is 0 Å². The van der Waals surface area contributed by atoms with Gasteiger partial charge in [-0.25, -0.2) is 9.59 Å². The Hall–Kier alpha value is -2.82. The Morgan fingerprint density at radius 2 is 1.62 bits per heavy atom. The molecule has 2 aromatic rings. The van der Waals surface area contributed by atoms with Gasteiger partial charge in [0.25, 0.3) is 0 Å². The highest BCUT2D eigenvalue weighted by molar-refractivity contribution is 5.90. The van der Waals surface area contributed by atoms with E-state index in [1.54, 1.807) is 0 Å². The van der Waals surface area contributed by atoms with Gasteiger partial charge in [0.1, 0.15) is 0 Å². The summed E-state index contributed by atoms with van der Waals surface area (Å²) < 4.78 is 4.76. The molecule has 1 aliphatic rings. The number of carboxylic acids is 1. The van der Waals surface area contributed by atoms with Gasteiger partial charge in [-0.1, -0.05) is 68.3 Å². The molecule has 0 radical (unpaired) electrons. The van der Waals surface area contributed by atoms with Crippen molar-refractivity contribution in [3.8, 4) is 11.1 Å². The monoisotopic (exact) mass is 353 g/mol. The number of nitrogens with one attached hydrogen (secondary N) is 1. The molecule has 0 saturated carbocycles. The highest BCUT2D eigenvalue weighted by Gasteiger charge is 2.51. The van der Waals surface area contributed by atoms with Crippen molar-refractivity contribution in [2.45, 2.75) is 37.6 Å². The van der Waals surface area contributed by atoms with Crippen LogP contribution in [0.3, 0.4) is 0 Å². The van der Waals surface area contributed by atoms with Crippen LogP contribution in [0.5, 0.6) is 0 Å². The zero-order valence-electron chi connectivity index (χ0n) is 15.0. The average Bonchev–Trinajstić information content (AvgIpc) is 3.00. The fraction of sp³-hybridized carbons (Fsp3) is 0.333. The van der Waals surface area contributed by atoms with Crippen molar-refractivity contribution < 1.29 is 19.4 Å². The molecule has 1 aliphatic carbocycles. The summed E-state index contributed by atoms with van der Waals surface area (Å²) in [5.41, 5.74) is 2.40. The largest absolute Gasteiger partial charge is 0.479 e. The second kappa shape index (κ2) is 7.20. The normalized spacial score (nSPS) is 14.8. The van der Waals surface area contributed by atoms with E-state index in [4.69, 9.17) is 4.74 Å². The number of aliphatic carboxylic acids is 1. The smallest absolute Gasteiger partial charge is 0.407 e. The molecule has 0 spiro atoms. The van der Waals surface area contributed by atoms with Crippen molar-refractivity contribution in [2.75, 3.05) is 7.11 Å². The fourth-order valence-electron chi connectivity index (χ4n) is 3.94. The minimum Gasteiger partial charge on any atom is -0.479 e. The lowest BCUT2D eigenvalue weighted by Crippen LogP contribution is -2.58. The van der Waals surface area contributed by atoms with Gasteiger partial charge in [-0.3, -0.25) is 0 Å². The summed E-state index contributed by atoms with van der Waals surface area (Å²) in [6.45, 7) is 2.00. The fourth-order valence-corrected chi connectivity index (χ4v) is 3.94. The molecule has 0 aromatic heterocycles. The molecule has 1 unspecified atom stereocenters. The van der Waals surface area contributed by atoms with Crippen LogP contribution in [0.2, 0.25) is 0 Å². The van der Waals surface area contributed by atoms with E-state index in [0.717, 1.165) is 28.7 Å². The van der Waals surface area contributed by atoms with E-state index < -0.39 is 23.5 Å². The standard InChI is InChI=1S/C21H23NO4/c1-3-4-13-21(19(23)24,22-20(25)26-2)18-16-11-7-5-9-14(16)15-10-6-8-12-17(15)18/h5-12,18H,3-4,13H2,1-2H3,(H,22,25)(H,23,24). The number of ether oxygens (including phenoxy) is 1.